The molecule has 2 rings (SSSR count). The second-order valence-corrected chi connectivity index (χ2v) is 6.24. The number of thioether (sulfide) groups is 1. The number of anilines is 1. The van der Waals surface area contributed by atoms with Crippen LogP contribution in [0.4, 0.5) is 5.69 Å². The maximum absolute atomic E-state index is 12.6. The number of amides is 1. The van der Waals surface area contributed by atoms with E-state index in [0.717, 1.165) is 31.0 Å². The molecule has 22 heavy (non-hydrogen) atoms. The van der Waals surface area contributed by atoms with Crippen LogP contribution in [0.5, 0.6) is 0 Å². The summed E-state index contributed by atoms with van der Waals surface area (Å²) >= 11 is 1.71. The Morgan fingerprint density at radius 1 is 1.41 bits per heavy atom. The van der Waals surface area contributed by atoms with E-state index in [0.29, 0.717) is 18.8 Å². The summed E-state index contributed by atoms with van der Waals surface area (Å²) in [5.41, 5.74) is 1.59. The molecule has 1 aliphatic heterocycles. The zero-order valence-corrected chi connectivity index (χ0v) is 13.8. The number of hydrogen-bond acceptors (Lipinski definition) is 5. The fourth-order valence-corrected chi connectivity index (χ4v) is 3.00. The lowest BCUT2D eigenvalue weighted by Gasteiger charge is -2.30. The molecule has 0 saturated carbocycles. The van der Waals surface area contributed by atoms with Crippen molar-refractivity contribution in [1.29, 1.82) is 0 Å². The van der Waals surface area contributed by atoms with E-state index in [2.05, 4.69) is 10.2 Å². The van der Waals surface area contributed by atoms with Crippen molar-refractivity contribution < 1.29 is 14.6 Å². The summed E-state index contributed by atoms with van der Waals surface area (Å²) in [6.45, 7) is 2.91. The Labute approximate surface area is 136 Å². The van der Waals surface area contributed by atoms with Gasteiger partial charge in [0, 0.05) is 18.8 Å². The molecule has 0 aromatic heterocycles. The normalized spacial score (nSPS) is 16.4. The zero-order chi connectivity index (χ0) is 15.8. The van der Waals surface area contributed by atoms with Crippen molar-refractivity contribution in [3.63, 3.8) is 0 Å². The SMILES string of the molecule is CSCC[C@@H](CO)NC(=O)c1ccccc1N1CCOCC1. The first kappa shape index (κ1) is 17.1. The number of carbonyl (C=O) groups is 1. The van der Waals surface area contributed by atoms with Gasteiger partial charge in [-0.3, -0.25) is 4.79 Å². The maximum atomic E-state index is 12.6. The molecular weight excluding hydrogens is 300 g/mol. The standard InChI is InChI=1S/C16H24N2O3S/c1-22-11-6-13(12-19)17-16(20)14-4-2-3-5-15(14)18-7-9-21-10-8-18/h2-5,13,19H,6-12H2,1H3,(H,17,20)/t13-/m0/s1. The van der Waals surface area contributed by atoms with Gasteiger partial charge in [-0.15, -0.1) is 0 Å². The first-order valence-electron chi connectivity index (χ1n) is 7.58. The smallest absolute Gasteiger partial charge is 0.253 e. The average molecular weight is 324 g/mol. The highest BCUT2D eigenvalue weighted by molar-refractivity contribution is 7.98. The van der Waals surface area contributed by atoms with Crippen LogP contribution in [-0.2, 0) is 4.74 Å². The molecule has 0 aliphatic carbocycles. The molecule has 1 aromatic rings. The summed E-state index contributed by atoms with van der Waals surface area (Å²) in [6.07, 6.45) is 2.78. The number of benzene rings is 1. The van der Waals surface area contributed by atoms with Crippen molar-refractivity contribution in [2.24, 2.45) is 0 Å². The van der Waals surface area contributed by atoms with Crippen LogP contribution in [0.25, 0.3) is 0 Å². The highest BCUT2D eigenvalue weighted by atomic mass is 32.2. The van der Waals surface area contributed by atoms with Crippen molar-refractivity contribution in [1.82, 2.24) is 5.32 Å². The van der Waals surface area contributed by atoms with Crippen LogP contribution in [0, 0.1) is 0 Å². The molecule has 1 amide bonds. The number of aliphatic hydroxyl groups is 1. The van der Waals surface area contributed by atoms with Crippen LogP contribution in [0.15, 0.2) is 24.3 Å². The lowest BCUT2D eigenvalue weighted by molar-refractivity contribution is 0.0914. The monoisotopic (exact) mass is 324 g/mol. The van der Waals surface area contributed by atoms with Gasteiger partial charge in [0.1, 0.15) is 0 Å². The Hall–Kier alpha value is -1.24. The van der Waals surface area contributed by atoms with Gasteiger partial charge in [0.25, 0.3) is 5.91 Å². The van der Waals surface area contributed by atoms with E-state index >= 15 is 0 Å². The number of morpholine rings is 1. The van der Waals surface area contributed by atoms with E-state index in [1.54, 1.807) is 11.8 Å². The van der Waals surface area contributed by atoms with Crippen LogP contribution in [0.1, 0.15) is 16.8 Å². The third-order valence-corrected chi connectivity index (χ3v) is 4.37. The predicted molar refractivity (Wildman–Crippen MR) is 90.8 cm³/mol. The van der Waals surface area contributed by atoms with E-state index in [1.165, 1.54) is 0 Å². The molecule has 1 saturated heterocycles. The van der Waals surface area contributed by atoms with Crippen molar-refractivity contribution in [2.45, 2.75) is 12.5 Å². The molecular formula is C16H24N2O3S. The van der Waals surface area contributed by atoms with Gasteiger partial charge in [-0.25, -0.2) is 0 Å². The number of carbonyl (C=O) groups excluding carboxylic acids is 1. The van der Waals surface area contributed by atoms with E-state index in [-0.39, 0.29) is 18.6 Å². The Balaban J connectivity index is 2.08. The van der Waals surface area contributed by atoms with Crippen molar-refractivity contribution in [3.05, 3.63) is 29.8 Å². The molecule has 1 fully saturated rings. The van der Waals surface area contributed by atoms with Gasteiger partial charge >= 0.3 is 0 Å². The third kappa shape index (κ3) is 4.63. The molecule has 0 spiro atoms. The van der Waals surface area contributed by atoms with E-state index in [4.69, 9.17) is 4.74 Å². The summed E-state index contributed by atoms with van der Waals surface area (Å²) < 4.78 is 5.37. The third-order valence-electron chi connectivity index (χ3n) is 3.73. The van der Waals surface area contributed by atoms with Gasteiger partial charge in [0.05, 0.1) is 31.4 Å². The summed E-state index contributed by atoms with van der Waals surface area (Å²) in [5.74, 6) is 0.790. The molecule has 0 bridgehead atoms. The number of hydrogen-bond donors (Lipinski definition) is 2. The minimum Gasteiger partial charge on any atom is -0.394 e. The molecule has 1 aromatic carbocycles. The summed E-state index contributed by atoms with van der Waals surface area (Å²) in [4.78, 5) is 14.7. The number of nitrogens with one attached hydrogen (secondary N) is 1. The van der Waals surface area contributed by atoms with E-state index in [1.807, 2.05) is 30.5 Å². The molecule has 5 nitrogen and oxygen atoms in total. The molecule has 1 heterocycles. The molecule has 2 N–H and O–H groups in total. The topological polar surface area (TPSA) is 61.8 Å². The predicted octanol–water partition coefficient (Wildman–Crippen LogP) is 1.37. The van der Waals surface area contributed by atoms with Gasteiger partial charge in [-0.05, 0) is 30.6 Å². The van der Waals surface area contributed by atoms with Crippen molar-refractivity contribution in [2.75, 3.05) is 49.8 Å². The zero-order valence-electron chi connectivity index (χ0n) is 13.0. The highest BCUT2D eigenvalue weighted by Gasteiger charge is 2.20. The minimum atomic E-state index is -0.197. The number of para-hydroxylation sites is 1. The number of aliphatic hydroxyl groups excluding tert-OH is 1. The van der Waals surface area contributed by atoms with E-state index < -0.39 is 0 Å². The van der Waals surface area contributed by atoms with Crippen molar-refractivity contribution in [3.8, 4) is 0 Å². The summed E-state index contributed by atoms with van der Waals surface area (Å²) in [7, 11) is 0. The minimum absolute atomic E-state index is 0.0357. The van der Waals surface area contributed by atoms with Gasteiger partial charge in [-0.1, -0.05) is 12.1 Å². The fourth-order valence-electron chi connectivity index (χ4n) is 2.48. The molecule has 6 heteroatoms. The maximum Gasteiger partial charge on any atom is 0.253 e. The Kier molecular flexibility index (Phi) is 7.02. The Morgan fingerprint density at radius 3 is 2.82 bits per heavy atom. The van der Waals surface area contributed by atoms with Crippen molar-refractivity contribution >= 4 is 23.4 Å². The quantitative estimate of drug-likeness (QED) is 0.793. The second kappa shape index (κ2) is 9.02. The highest BCUT2D eigenvalue weighted by Crippen LogP contribution is 2.21. The van der Waals surface area contributed by atoms with Crippen LogP contribution in [0.3, 0.4) is 0 Å². The molecule has 0 radical (unpaired) electrons. The number of nitrogens with zero attached hydrogens (tertiary/aromatic N) is 1. The lowest BCUT2D eigenvalue weighted by atomic mass is 10.1. The fraction of sp³-hybridized carbons (Fsp3) is 0.562. The van der Waals surface area contributed by atoms with Crippen LogP contribution < -0.4 is 10.2 Å². The lowest BCUT2D eigenvalue weighted by Crippen LogP contribution is -2.40. The van der Waals surface area contributed by atoms with Crippen LogP contribution in [0.2, 0.25) is 0 Å². The Morgan fingerprint density at radius 2 is 2.14 bits per heavy atom. The van der Waals surface area contributed by atoms with E-state index in [9.17, 15) is 9.90 Å². The van der Waals surface area contributed by atoms with Gasteiger partial charge in [-0.2, -0.15) is 11.8 Å². The molecule has 1 atom stereocenters. The molecule has 1 aliphatic rings. The first-order chi connectivity index (χ1) is 10.8. The first-order valence-corrected chi connectivity index (χ1v) is 8.98. The molecule has 122 valence electrons. The number of ether oxygens (including phenoxy) is 1. The summed E-state index contributed by atoms with van der Waals surface area (Å²) in [6, 6.07) is 7.42. The van der Waals surface area contributed by atoms with Crippen LogP contribution in [-0.4, -0.2) is 62.0 Å². The number of rotatable bonds is 7. The van der Waals surface area contributed by atoms with Gasteiger partial charge in [0.2, 0.25) is 0 Å². The van der Waals surface area contributed by atoms with Crippen LogP contribution >= 0.6 is 11.8 Å². The summed E-state index contributed by atoms with van der Waals surface area (Å²) in [5, 5.41) is 12.4. The molecule has 0 unspecified atom stereocenters. The second-order valence-electron chi connectivity index (χ2n) is 5.25. The largest absolute Gasteiger partial charge is 0.394 e. The van der Waals surface area contributed by atoms with Gasteiger partial charge < -0.3 is 20.1 Å². The average Bonchev–Trinajstić information content (AvgIpc) is 2.59. The van der Waals surface area contributed by atoms with Gasteiger partial charge in [0.15, 0.2) is 0 Å². The Bertz CT molecular complexity index is 478.